The van der Waals surface area contributed by atoms with Crippen molar-refractivity contribution in [1.82, 2.24) is 0 Å². The zero-order chi connectivity index (χ0) is 14.7. The lowest BCUT2D eigenvalue weighted by Gasteiger charge is -2.30. The summed E-state index contributed by atoms with van der Waals surface area (Å²) >= 11 is 0. The summed E-state index contributed by atoms with van der Waals surface area (Å²) in [5.41, 5.74) is -0.541. The van der Waals surface area contributed by atoms with Crippen molar-refractivity contribution in [2.24, 2.45) is 11.3 Å². The Bertz CT molecular complexity index is 237. The minimum atomic E-state index is -0.637. The molecule has 0 fully saturated rings. The van der Waals surface area contributed by atoms with Gasteiger partial charge in [0.2, 0.25) is 0 Å². The normalized spacial score (nSPS) is 16.0. The van der Waals surface area contributed by atoms with Crippen LogP contribution in [-0.4, -0.2) is 11.1 Å². The summed E-state index contributed by atoms with van der Waals surface area (Å²) < 4.78 is 0. The van der Waals surface area contributed by atoms with Gasteiger partial charge in [-0.05, 0) is 25.7 Å². The Hall–Kier alpha value is -0.530. The highest BCUT2D eigenvalue weighted by atomic mass is 16.4. The van der Waals surface area contributed by atoms with Gasteiger partial charge >= 0.3 is 5.97 Å². The van der Waals surface area contributed by atoms with Crippen molar-refractivity contribution in [2.75, 3.05) is 0 Å². The molecule has 0 aromatic heterocycles. The fourth-order valence-electron chi connectivity index (χ4n) is 2.61. The molecule has 0 saturated heterocycles. The highest BCUT2D eigenvalue weighted by Crippen LogP contribution is 2.34. The number of hydrogen-bond donors (Lipinski definition) is 1. The molecule has 0 saturated carbocycles. The Morgan fingerprint density at radius 3 is 1.89 bits per heavy atom. The van der Waals surface area contributed by atoms with Crippen molar-refractivity contribution in [3.8, 4) is 0 Å². The van der Waals surface area contributed by atoms with Gasteiger partial charge in [0.25, 0.3) is 0 Å². The molecule has 1 N–H and O–H groups in total. The number of hydrogen-bond acceptors (Lipinski definition) is 1. The van der Waals surface area contributed by atoms with Crippen LogP contribution in [-0.2, 0) is 4.79 Å². The van der Waals surface area contributed by atoms with E-state index in [-0.39, 0.29) is 5.92 Å². The standard InChI is InChI=1S/C17H34O2/c1-5-7-8-9-10-11-12-13-14-15(3)17(4,6-2)16(18)19/h15H,5-14H2,1-4H3,(H,18,19). The topological polar surface area (TPSA) is 37.3 Å². The van der Waals surface area contributed by atoms with E-state index >= 15 is 0 Å². The Kier molecular flexibility index (Phi) is 9.99. The molecule has 0 aromatic rings. The maximum atomic E-state index is 11.3. The van der Waals surface area contributed by atoms with Crippen molar-refractivity contribution < 1.29 is 9.90 Å². The summed E-state index contributed by atoms with van der Waals surface area (Å²) in [6.07, 6.45) is 12.3. The van der Waals surface area contributed by atoms with Crippen molar-refractivity contribution in [1.29, 1.82) is 0 Å². The molecule has 0 rings (SSSR count). The largest absolute Gasteiger partial charge is 0.481 e. The van der Waals surface area contributed by atoms with Crippen molar-refractivity contribution in [3.05, 3.63) is 0 Å². The van der Waals surface area contributed by atoms with Gasteiger partial charge in [-0.3, -0.25) is 4.79 Å². The Morgan fingerprint density at radius 1 is 1.00 bits per heavy atom. The molecular weight excluding hydrogens is 236 g/mol. The lowest BCUT2D eigenvalue weighted by molar-refractivity contribution is -0.151. The third-order valence-corrected chi connectivity index (χ3v) is 4.80. The molecule has 2 unspecified atom stereocenters. The number of carbonyl (C=O) groups is 1. The second kappa shape index (κ2) is 10.3. The van der Waals surface area contributed by atoms with Crippen LogP contribution in [0.2, 0.25) is 0 Å². The molecule has 0 aromatic carbocycles. The Balaban J connectivity index is 3.68. The zero-order valence-corrected chi connectivity index (χ0v) is 13.5. The van der Waals surface area contributed by atoms with E-state index in [2.05, 4.69) is 13.8 Å². The average Bonchev–Trinajstić information content (AvgIpc) is 2.40. The van der Waals surface area contributed by atoms with Gasteiger partial charge in [-0.25, -0.2) is 0 Å². The smallest absolute Gasteiger partial charge is 0.309 e. The summed E-state index contributed by atoms with van der Waals surface area (Å²) in [7, 11) is 0. The number of rotatable bonds is 12. The number of carboxylic acids is 1. The summed E-state index contributed by atoms with van der Waals surface area (Å²) in [5, 5.41) is 9.33. The van der Waals surface area contributed by atoms with E-state index in [0.717, 1.165) is 12.8 Å². The van der Waals surface area contributed by atoms with Gasteiger partial charge < -0.3 is 5.11 Å². The monoisotopic (exact) mass is 270 g/mol. The van der Waals surface area contributed by atoms with Crippen LogP contribution in [0.5, 0.6) is 0 Å². The Morgan fingerprint density at radius 2 is 1.47 bits per heavy atom. The molecule has 19 heavy (non-hydrogen) atoms. The summed E-state index contributed by atoms with van der Waals surface area (Å²) in [5.74, 6) is -0.364. The Labute approximate surface area is 120 Å². The molecule has 0 spiro atoms. The van der Waals surface area contributed by atoms with Gasteiger partial charge in [0.15, 0.2) is 0 Å². The van der Waals surface area contributed by atoms with Crippen molar-refractivity contribution in [3.63, 3.8) is 0 Å². The SMILES string of the molecule is CCCCCCCCCCC(C)C(C)(CC)C(=O)O. The third kappa shape index (κ3) is 6.98. The van der Waals surface area contributed by atoms with E-state index in [1.807, 2.05) is 13.8 Å². The van der Waals surface area contributed by atoms with E-state index in [4.69, 9.17) is 0 Å². The quantitative estimate of drug-likeness (QED) is 0.465. The molecule has 114 valence electrons. The second-order valence-corrected chi connectivity index (χ2v) is 6.24. The molecule has 0 aliphatic heterocycles. The van der Waals surface area contributed by atoms with E-state index in [1.165, 1.54) is 51.4 Å². The molecule has 2 nitrogen and oxygen atoms in total. The number of carboxylic acid groups (broad SMARTS) is 1. The first kappa shape index (κ1) is 18.5. The van der Waals surface area contributed by atoms with Crippen LogP contribution in [0.4, 0.5) is 0 Å². The summed E-state index contributed by atoms with van der Waals surface area (Å²) in [4.78, 5) is 11.3. The van der Waals surface area contributed by atoms with Gasteiger partial charge in [-0.2, -0.15) is 0 Å². The molecule has 0 radical (unpaired) electrons. The first-order valence-electron chi connectivity index (χ1n) is 8.22. The van der Waals surface area contributed by atoms with Crippen LogP contribution in [0.25, 0.3) is 0 Å². The van der Waals surface area contributed by atoms with E-state index in [0.29, 0.717) is 0 Å². The lowest BCUT2D eigenvalue weighted by Crippen LogP contribution is -2.33. The van der Waals surface area contributed by atoms with E-state index in [9.17, 15) is 9.90 Å². The first-order valence-corrected chi connectivity index (χ1v) is 8.22. The lowest BCUT2D eigenvalue weighted by atomic mass is 9.73. The predicted molar refractivity (Wildman–Crippen MR) is 82.4 cm³/mol. The van der Waals surface area contributed by atoms with Crippen molar-refractivity contribution in [2.45, 2.75) is 91.9 Å². The first-order chi connectivity index (χ1) is 8.99. The highest BCUT2D eigenvalue weighted by molar-refractivity contribution is 5.74. The fraction of sp³-hybridized carbons (Fsp3) is 0.941. The van der Waals surface area contributed by atoms with Crippen molar-refractivity contribution >= 4 is 5.97 Å². The van der Waals surface area contributed by atoms with Gasteiger partial charge in [-0.1, -0.05) is 72.1 Å². The molecule has 0 amide bonds. The summed E-state index contributed by atoms with van der Waals surface area (Å²) in [6, 6.07) is 0. The minimum Gasteiger partial charge on any atom is -0.481 e. The van der Waals surface area contributed by atoms with Crippen LogP contribution in [0.15, 0.2) is 0 Å². The average molecular weight is 270 g/mol. The second-order valence-electron chi connectivity index (χ2n) is 6.24. The van der Waals surface area contributed by atoms with Crippen LogP contribution in [0.3, 0.4) is 0 Å². The minimum absolute atomic E-state index is 0.273. The predicted octanol–water partition coefficient (Wildman–Crippen LogP) is 5.65. The maximum Gasteiger partial charge on any atom is 0.309 e. The molecule has 0 aliphatic carbocycles. The van der Waals surface area contributed by atoms with Crippen LogP contribution in [0.1, 0.15) is 91.9 Å². The third-order valence-electron chi connectivity index (χ3n) is 4.80. The fourth-order valence-corrected chi connectivity index (χ4v) is 2.61. The number of aliphatic carboxylic acids is 1. The highest BCUT2D eigenvalue weighted by Gasteiger charge is 2.36. The van der Waals surface area contributed by atoms with Gasteiger partial charge in [0.05, 0.1) is 5.41 Å². The molecule has 2 atom stereocenters. The van der Waals surface area contributed by atoms with E-state index < -0.39 is 11.4 Å². The van der Waals surface area contributed by atoms with Crippen LogP contribution in [0, 0.1) is 11.3 Å². The molecule has 2 heteroatoms. The van der Waals surface area contributed by atoms with Gasteiger partial charge in [0.1, 0.15) is 0 Å². The number of unbranched alkanes of at least 4 members (excludes halogenated alkanes) is 7. The molecule has 0 aliphatic rings. The zero-order valence-electron chi connectivity index (χ0n) is 13.5. The van der Waals surface area contributed by atoms with Gasteiger partial charge in [-0.15, -0.1) is 0 Å². The molecular formula is C17H34O2. The van der Waals surface area contributed by atoms with Crippen LogP contribution < -0.4 is 0 Å². The molecule has 0 bridgehead atoms. The summed E-state index contributed by atoms with van der Waals surface area (Å²) in [6.45, 7) is 8.22. The maximum absolute atomic E-state index is 11.3. The van der Waals surface area contributed by atoms with Crippen LogP contribution >= 0.6 is 0 Å². The molecule has 0 heterocycles. The van der Waals surface area contributed by atoms with Gasteiger partial charge in [0, 0.05) is 0 Å². The van der Waals surface area contributed by atoms with E-state index in [1.54, 1.807) is 0 Å².